The average Bonchev–Trinajstić information content (AvgIpc) is 2.74. The van der Waals surface area contributed by atoms with Gasteiger partial charge in [-0.3, -0.25) is 4.79 Å². The molecule has 3 aliphatic rings. The van der Waals surface area contributed by atoms with Gasteiger partial charge in [-0.2, -0.15) is 0 Å². The van der Waals surface area contributed by atoms with Crippen LogP contribution < -0.4 is 0 Å². The molecule has 76 valence electrons. The second-order valence-corrected chi connectivity index (χ2v) is 4.83. The van der Waals surface area contributed by atoms with Gasteiger partial charge < -0.3 is 4.74 Å². The summed E-state index contributed by atoms with van der Waals surface area (Å²) in [7, 11) is 0. The summed E-state index contributed by atoms with van der Waals surface area (Å²) >= 11 is 0. The third kappa shape index (κ3) is 0.999. The lowest BCUT2D eigenvalue weighted by molar-refractivity contribution is -0.160. The van der Waals surface area contributed by atoms with Crippen molar-refractivity contribution in [2.24, 2.45) is 17.8 Å². The van der Waals surface area contributed by atoms with E-state index in [1.54, 1.807) is 0 Å². The Morgan fingerprint density at radius 1 is 1.50 bits per heavy atom. The molecule has 4 unspecified atom stereocenters. The molecule has 0 amide bonds. The van der Waals surface area contributed by atoms with Crippen LogP contribution in [0.1, 0.15) is 32.6 Å². The molecule has 1 aliphatic heterocycles. The van der Waals surface area contributed by atoms with Crippen LogP contribution in [-0.2, 0) is 9.53 Å². The predicted octanol–water partition coefficient (Wildman–Crippen LogP) is 2.29. The lowest BCUT2D eigenvalue weighted by Crippen LogP contribution is -2.37. The highest BCUT2D eigenvalue weighted by atomic mass is 16.5. The van der Waals surface area contributed by atoms with Gasteiger partial charge in [-0.1, -0.05) is 11.6 Å². The van der Waals surface area contributed by atoms with Gasteiger partial charge in [-0.25, -0.2) is 0 Å². The molecule has 0 aromatic heterocycles. The predicted molar refractivity (Wildman–Crippen MR) is 52.6 cm³/mol. The molecule has 3 fully saturated rings. The first-order valence-corrected chi connectivity index (χ1v) is 5.64. The highest BCUT2D eigenvalue weighted by molar-refractivity contribution is 5.70. The lowest BCUT2D eigenvalue weighted by Gasteiger charge is -2.35. The Balaban J connectivity index is 1.88. The molecule has 0 N–H and O–H groups in total. The Kier molecular flexibility index (Phi) is 1.73. The average molecular weight is 192 g/mol. The zero-order chi connectivity index (χ0) is 9.71. The van der Waals surface area contributed by atoms with Crippen molar-refractivity contribution in [2.75, 3.05) is 0 Å². The smallest absolute Gasteiger partial charge is 0.306 e. The van der Waals surface area contributed by atoms with Crippen molar-refractivity contribution < 1.29 is 9.53 Å². The van der Waals surface area contributed by atoms with Crippen molar-refractivity contribution in [3.63, 3.8) is 0 Å². The van der Waals surface area contributed by atoms with Gasteiger partial charge in [0.1, 0.15) is 6.10 Å². The molecule has 1 heterocycles. The molecule has 2 aliphatic carbocycles. The molecular weight excluding hydrogens is 176 g/mol. The van der Waals surface area contributed by atoms with E-state index in [0.717, 1.165) is 12.3 Å². The highest BCUT2D eigenvalue weighted by Crippen LogP contribution is 2.55. The molecule has 2 bridgehead atoms. The quantitative estimate of drug-likeness (QED) is 0.435. The molecule has 0 aromatic carbocycles. The molecule has 14 heavy (non-hydrogen) atoms. The van der Waals surface area contributed by atoms with Crippen LogP contribution in [0, 0.1) is 17.8 Å². The second-order valence-electron chi connectivity index (χ2n) is 4.83. The Morgan fingerprint density at radius 3 is 3.14 bits per heavy atom. The van der Waals surface area contributed by atoms with Crippen LogP contribution in [0.2, 0.25) is 0 Å². The fourth-order valence-corrected chi connectivity index (χ4v) is 3.65. The standard InChI is InChI=1S/C12H16O2/c1-2-7-5-8-6-10(7)12-9(8)3-4-11(13)14-12/h2,8-10,12H,3-6H2,1H3. The summed E-state index contributed by atoms with van der Waals surface area (Å²) in [6, 6.07) is 0. The van der Waals surface area contributed by atoms with Crippen molar-refractivity contribution in [3.05, 3.63) is 11.6 Å². The molecule has 3 rings (SSSR count). The van der Waals surface area contributed by atoms with Gasteiger partial charge in [0.05, 0.1) is 0 Å². The molecule has 2 heteroatoms. The minimum absolute atomic E-state index is 0.0225. The van der Waals surface area contributed by atoms with Crippen LogP contribution in [0.3, 0.4) is 0 Å². The normalized spacial score (nSPS) is 48.1. The summed E-state index contributed by atoms with van der Waals surface area (Å²) in [4.78, 5) is 11.2. The summed E-state index contributed by atoms with van der Waals surface area (Å²) in [5, 5.41) is 0. The molecule has 2 saturated carbocycles. The van der Waals surface area contributed by atoms with E-state index in [1.807, 2.05) is 0 Å². The molecule has 2 nitrogen and oxygen atoms in total. The highest BCUT2D eigenvalue weighted by Gasteiger charge is 2.53. The van der Waals surface area contributed by atoms with Gasteiger partial charge in [0.15, 0.2) is 0 Å². The van der Waals surface area contributed by atoms with E-state index in [1.165, 1.54) is 18.4 Å². The van der Waals surface area contributed by atoms with Gasteiger partial charge >= 0.3 is 5.97 Å². The number of rotatable bonds is 0. The molecule has 0 aromatic rings. The van der Waals surface area contributed by atoms with Gasteiger partial charge in [0, 0.05) is 18.3 Å². The monoisotopic (exact) mass is 192 g/mol. The zero-order valence-corrected chi connectivity index (χ0v) is 8.53. The van der Waals surface area contributed by atoms with Crippen molar-refractivity contribution in [1.82, 2.24) is 0 Å². The summed E-state index contributed by atoms with van der Waals surface area (Å²) < 4.78 is 5.50. The van der Waals surface area contributed by atoms with Crippen LogP contribution >= 0.6 is 0 Å². The third-order valence-corrected chi connectivity index (χ3v) is 4.28. The van der Waals surface area contributed by atoms with Crippen LogP contribution in [0.4, 0.5) is 0 Å². The van der Waals surface area contributed by atoms with Gasteiger partial charge in [-0.05, 0) is 32.1 Å². The van der Waals surface area contributed by atoms with Gasteiger partial charge in [0.25, 0.3) is 0 Å². The molecule has 4 atom stereocenters. The summed E-state index contributed by atoms with van der Waals surface area (Å²) in [5.41, 5.74) is 1.53. The van der Waals surface area contributed by atoms with E-state index in [9.17, 15) is 4.79 Å². The fourth-order valence-electron chi connectivity index (χ4n) is 3.65. The first-order valence-electron chi connectivity index (χ1n) is 5.64. The zero-order valence-electron chi connectivity index (χ0n) is 8.53. The van der Waals surface area contributed by atoms with Crippen LogP contribution in [-0.4, -0.2) is 12.1 Å². The minimum atomic E-state index is 0.0225. The first kappa shape index (κ1) is 8.51. The van der Waals surface area contributed by atoms with E-state index in [4.69, 9.17) is 4.74 Å². The maximum Gasteiger partial charge on any atom is 0.306 e. The number of fused-ring (bicyclic) bond motifs is 5. The number of hydrogen-bond acceptors (Lipinski definition) is 2. The number of esters is 1. The lowest BCUT2D eigenvalue weighted by atomic mass is 9.79. The van der Waals surface area contributed by atoms with E-state index >= 15 is 0 Å². The number of hydrogen-bond donors (Lipinski definition) is 0. The molecule has 1 saturated heterocycles. The molecular formula is C12H16O2. The van der Waals surface area contributed by atoms with Crippen molar-refractivity contribution in [3.8, 4) is 0 Å². The number of allylic oxidation sites excluding steroid dienone is 1. The maximum atomic E-state index is 11.2. The number of carbonyl (C=O) groups excluding carboxylic acids is 1. The number of carbonyl (C=O) groups is 1. The van der Waals surface area contributed by atoms with Crippen LogP contribution in [0.5, 0.6) is 0 Å². The largest absolute Gasteiger partial charge is 0.461 e. The van der Waals surface area contributed by atoms with Crippen LogP contribution in [0.25, 0.3) is 0 Å². The Bertz CT molecular complexity index is 305. The first-order chi connectivity index (χ1) is 6.79. The fraction of sp³-hybridized carbons (Fsp3) is 0.750. The SMILES string of the molecule is CC=C1CC2CC1C1OC(=O)CCC21. The minimum Gasteiger partial charge on any atom is -0.461 e. The van der Waals surface area contributed by atoms with Gasteiger partial charge in [-0.15, -0.1) is 0 Å². The van der Waals surface area contributed by atoms with Gasteiger partial charge in [0.2, 0.25) is 0 Å². The van der Waals surface area contributed by atoms with Crippen molar-refractivity contribution >= 4 is 5.97 Å². The maximum absolute atomic E-state index is 11.2. The molecule has 0 spiro atoms. The topological polar surface area (TPSA) is 26.3 Å². The van der Waals surface area contributed by atoms with Crippen molar-refractivity contribution in [1.29, 1.82) is 0 Å². The van der Waals surface area contributed by atoms with Crippen LogP contribution in [0.15, 0.2) is 11.6 Å². The summed E-state index contributed by atoms with van der Waals surface area (Å²) in [5.74, 6) is 2.08. The third-order valence-electron chi connectivity index (χ3n) is 4.28. The second kappa shape index (κ2) is 2.85. The summed E-state index contributed by atoms with van der Waals surface area (Å²) in [6.07, 6.45) is 6.71. The van der Waals surface area contributed by atoms with E-state index in [0.29, 0.717) is 18.3 Å². The summed E-state index contributed by atoms with van der Waals surface area (Å²) in [6.45, 7) is 2.11. The Hall–Kier alpha value is -0.790. The van der Waals surface area contributed by atoms with E-state index in [-0.39, 0.29) is 12.1 Å². The van der Waals surface area contributed by atoms with E-state index < -0.39 is 0 Å². The van der Waals surface area contributed by atoms with E-state index in [2.05, 4.69) is 13.0 Å². The van der Waals surface area contributed by atoms with Crippen molar-refractivity contribution in [2.45, 2.75) is 38.7 Å². The number of ether oxygens (including phenoxy) is 1. The Labute approximate surface area is 84.3 Å². The molecule has 0 radical (unpaired) electrons. The Morgan fingerprint density at radius 2 is 2.36 bits per heavy atom.